The first-order chi connectivity index (χ1) is 8.50. The van der Waals surface area contributed by atoms with Crippen molar-refractivity contribution in [2.24, 2.45) is 5.92 Å². The normalized spacial score (nSPS) is 13.9. The second-order valence-electron chi connectivity index (χ2n) is 4.42. The molecule has 2 atom stereocenters. The maximum atomic E-state index is 11.6. The largest absolute Gasteiger partial charge is 0.481 e. The van der Waals surface area contributed by atoms with Crippen LogP contribution in [0.4, 0.5) is 0 Å². The van der Waals surface area contributed by atoms with E-state index >= 15 is 0 Å². The highest BCUT2D eigenvalue weighted by Crippen LogP contribution is 2.12. The number of aliphatic carboxylic acids is 1. The Labute approximate surface area is 111 Å². The van der Waals surface area contributed by atoms with Gasteiger partial charge in [0.2, 0.25) is 5.91 Å². The molecule has 2 N–H and O–H groups in total. The van der Waals surface area contributed by atoms with Gasteiger partial charge in [-0.05, 0) is 38.1 Å². The van der Waals surface area contributed by atoms with Crippen LogP contribution in [0.2, 0.25) is 0 Å². The number of hydrogen-bond acceptors (Lipinski definition) is 3. The number of hydrogen-bond donors (Lipinski definition) is 2. The average Bonchev–Trinajstić information content (AvgIpc) is 2.80. The molecule has 0 aromatic carbocycles. The van der Waals surface area contributed by atoms with Gasteiger partial charge in [-0.3, -0.25) is 9.59 Å². The number of carbonyl (C=O) groups is 2. The van der Waals surface area contributed by atoms with Crippen LogP contribution in [0.5, 0.6) is 0 Å². The Morgan fingerprint density at radius 2 is 2.17 bits per heavy atom. The predicted octanol–water partition coefficient (Wildman–Crippen LogP) is 2.30. The zero-order chi connectivity index (χ0) is 13.5. The summed E-state index contributed by atoms with van der Waals surface area (Å²) in [6.07, 6.45) is 2.13. The molecule has 0 spiro atoms. The molecule has 1 amide bonds. The average molecular weight is 269 g/mol. The van der Waals surface area contributed by atoms with E-state index in [-0.39, 0.29) is 11.9 Å². The zero-order valence-corrected chi connectivity index (χ0v) is 11.5. The maximum absolute atomic E-state index is 11.6. The highest BCUT2D eigenvalue weighted by atomic mass is 32.1. The number of amides is 1. The highest BCUT2D eigenvalue weighted by Gasteiger charge is 2.20. The van der Waals surface area contributed by atoms with E-state index < -0.39 is 11.9 Å². The Balaban J connectivity index is 2.23. The number of carboxylic acid groups (broad SMARTS) is 1. The lowest BCUT2D eigenvalue weighted by atomic mass is 10.0. The summed E-state index contributed by atoms with van der Waals surface area (Å²) in [5.74, 6) is -1.53. The van der Waals surface area contributed by atoms with Crippen molar-refractivity contribution in [2.75, 3.05) is 0 Å². The molecule has 0 saturated heterocycles. The van der Waals surface area contributed by atoms with Gasteiger partial charge in [-0.15, -0.1) is 11.3 Å². The molecule has 1 aromatic heterocycles. The van der Waals surface area contributed by atoms with Crippen molar-refractivity contribution in [1.82, 2.24) is 5.32 Å². The van der Waals surface area contributed by atoms with Crippen molar-refractivity contribution in [3.05, 3.63) is 22.4 Å². The van der Waals surface area contributed by atoms with Gasteiger partial charge in [-0.25, -0.2) is 0 Å². The van der Waals surface area contributed by atoms with E-state index in [0.29, 0.717) is 6.42 Å². The quantitative estimate of drug-likeness (QED) is 0.798. The van der Waals surface area contributed by atoms with Gasteiger partial charge in [0.25, 0.3) is 0 Å². The predicted molar refractivity (Wildman–Crippen MR) is 71.7 cm³/mol. The zero-order valence-electron chi connectivity index (χ0n) is 10.7. The van der Waals surface area contributed by atoms with E-state index in [9.17, 15) is 9.59 Å². The van der Waals surface area contributed by atoms with Crippen LogP contribution in [0.15, 0.2) is 17.5 Å². The lowest BCUT2D eigenvalue weighted by Crippen LogP contribution is -2.39. The van der Waals surface area contributed by atoms with Crippen molar-refractivity contribution in [3.63, 3.8) is 0 Å². The summed E-state index contributed by atoms with van der Waals surface area (Å²) in [5.41, 5.74) is 0. The molecule has 0 aliphatic carbocycles. The van der Waals surface area contributed by atoms with Gasteiger partial charge in [-0.2, -0.15) is 0 Å². The second kappa shape index (κ2) is 7.16. The monoisotopic (exact) mass is 269 g/mol. The van der Waals surface area contributed by atoms with E-state index in [1.165, 1.54) is 4.88 Å². The van der Waals surface area contributed by atoms with Gasteiger partial charge >= 0.3 is 5.97 Å². The summed E-state index contributed by atoms with van der Waals surface area (Å²) in [6.45, 7) is 3.31. The molecule has 1 aromatic rings. The second-order valence-corrected chi connectivity index (χ2v) is 5.45. The summed E-state index contributed by atoms with van der Waals surface area (Å²) in [6, 6.07) is 3.71. The Kier molecular flexibility index (Phi) is 5.85. The van der Waals surface area contributed by atoms with Crippen molar-refractivity contribution in [1.29, 1.82) is 0 Å². The molecular formula is C13H19NO3S. The van der Waals surface area contributed by atoms with Gasteiger partial charge < -0.3 is 10.4 Å². The fourth-order valence-electron chi connectivity index (χ4n) is 1.54. The van der Waals surface area contributed by atoms with Crippen LogP contribution in [-0.4, -0.2) is 23.0 Å². The van der Waals surface area contributed by atoms with E-state index in [0.717, 1.165) is 12.8 Å². The first-order valence-corrected chi connectivity index (χ1v) is 6.93. The van der Waals surface area contributed by atoms with Gasteiger partial charge in [-0.1, -0.05) is 6.07 Å². The third-order valence-electron chi connectivity index (χ3n) is 2.94. The number of aryl methyl sites for hydroxylation is 1. The molecular weight excluding hydrogens is 250 g/mol. The van der Waals surface area contributed by atoms with Crippen LogP contribution in [-0.2, 0) is 16.0 Å². The number of rotatable bonds is 7. The molecule has 1 rings (SSSR count). The topological polar surface area (TPSA) is 66.4 Å². The standard InChI is InChI=1S/C13H19NO3S/c1-9(13(16)17)10(2)14-12(15)7-3-5-11-6-4-8-18-11/h4,6,8-10H,3,5,7H2,1-2H3,(H,14,15)(H,16,17). The number of carbonyl (C=O) groups excluding carboxylic acids is 1. The first kappa shape index (κ1) is 14.7. The molecule has 0 aliphatic rings. The Hall–Kier alpha value is -1.36. The summed E-state index contributed by atoms with van der Waals surface area (Å²) < 4.78 is 0. The van der Waals surface area contributed by atoms with E-state index in [1.807, 2.05) is 11.4 Å². The minimum Gasteiger partial charge on any atom is -0.481 e. The van der Waals surface area contributed by atoms with Crippen LogP contribution in [0, 0.1) is 5.92 Å². The SMILES string of the molecule is CC(NC(=O)CCCc1cccs1)C(C)C(=O)O. The van der Waals surface area contributed by atoms with Gasteiger partial charge in [0.1, 0.15) is 0 Å². The third-order valence-corrected chi connectivity index (χ3v) is 3.87. The minimum absolute atomic E-state index is 0.0767. The van der Waals surface area contributed by atoms with E-state index in [1.54, 1.807) is 25.2 Å². The van der Waals surface area contributed by atoms with Gasteiger partial charge in [0, 0.05) is 17.3 Å². The van der Waals surface area contributed by atoms with Crippen LogP contribution >= 0.6 is 11.3 Å². The molecule has 18 heavy (non-hydrogen) atoms. The van der Waals surface area contributed by atoms with Crippen molar-refractivity contribution in [3.8, 4) is 0 Å². The van der Waals surface area contributed by atoms with Gasteiger partial charge in [0.05, 0.1) is 5.92 Å². The van der Waals surface area contributed by atoms with Crippen LogP contribution in [0.1, 0.15) is 31.6 Å². The lowest BCUT2D eigenvalue weighted by molar-refractivity contribution is -0.142. The molecule has 100 valence electrons. The number of thiophene rings is 1. The van der Waals surface area contributed by atoms with E-state index in [4.69, 9.17) is 5.11 Å². The number of carboxylic acids is 1. The molecule has 2 unspecified atom stereocenters. The fraction of sp³-hybridized carbons (Fsp3) is 0.538. The molecule has 0 aliphatic heterocycles. The minimum atomic E-state index is -0.888. The highest BCUT2D eigenvalue weighted by molar-refractivity contribution is 7.09. The van der Waals surface area contributed by atoms with Gasteiger partial charge in [0.15, 0.2) is 0 Å². The molecule has 4 nitrogen and oxygen atoms in total. The first-order valence-electron chi connectivity index (χ1n) is 6.05. The molecule has 0 saturated carbocycles. The summed E-state index contributed by atoms with van der Waals surface area (Å²) >= 11 is 1.69. The summed E-state index contributed by atoms with van der Waals surface area (Å²) in [7, 11) is 0. The van der Waals surface area contributed by atoms with Crippen LogP contribution < -0.4 is 5.32 Å². The summed E-state index contributed by atoms with van der Waals surface area (Å²) in [4.78, 5) is 23.6. The molecule has 1 heterocycles. The molecule has 0 radical (unpaired) electrons. The van der Waals surface area contributed by atoms with Crippen LogP contribution in [0.3, 0.4) is 0 Å². The molecule has 5 heteroatoms. The van der Waals surface area contributed by atoms with Crippen molar-refractivity contribution >= 4 is 23.2 Å². The van der Waals surface area contributed by atoms with E-state index in [2.05, 4.69) is 11.4 Å². The fourth-order valence-corrected chi connectivity index (χ4v) is 2.29. The number of nitrogens with one attached hydrogen (secondary N) is 1. The van der Waals surface area contributed by atoms with Crippen molar-refractivity contribution < 1.29 is 14.7 Å². The Bertz CT molecular complexity index is 389. The maximum Gasteiger partial charge on any atom is 0.308 e. The van der Waals surface area contributed by atoms with Crippen LogP contribution in [0.25, 0.3) is 0 Å². The molecule has 0 bridgehead atoms. The lowest BCUT2D eigenvalue weighted by Gasteiger charge is -2.17. The summed E-state index contributed by atoms with van der Waals surface area (Å²) in [5, 5.41) is 13.6. The molecule has 0 fully saturated rings. The third kappa shape index (κ3) is 4.87. The Morgan fingerprint density at radius 1 is 1.44 bits per heavy atom. The Morgan fingerprint density at radius 3 is 2.72 bits per heavy atom. The smallest absolute Gasteiger partial charge is 0.308 e. The van der Waals surface area contributed by atoms with Crippen molar-refractivity contribution in [2.45, 2.75) is 39.2 Å².